The molecule has 0 spiro atoms. The molecule has 0 bridgehead atoms. The lowest BCUT2D eigenvalue weighted by Gasteiger charge is -2.32. The molecule has 0 aliphatic carbocycles. The number of rotatable bonds is 7. The molecular formula is C17H28N2O2. The van der Waals surface area contributed by atoms with Crippen molar-refractivity contribution >= 4 is 0 Å². The van der Waals surface area contributed by atoms with Gasteiger partial charge in [-0.1, -0.05) is 19.1 Å². The first-order chi connectivity index (χ1) is 10.2. The number of benzene rings is 1. The summed E-state index contributed by atoms with van der Waals surface area (Å²) in [7, 11) is 2.18. The van der Waals surface area contributed by atoms with Gasteiger partial charge >= 0.3 is 0 Å². The Labute approximate surface area is 128 Å². The highest BCUT2D eigenvalue weighted by atomic mass is 16.5. The van der Waals surface area contributed by atoms with E-state index in [0.717, 1.165) is 50.6 Å². The highest BCUT2D eigenvalue weighted by molar-refractivity contribution is 5.39. The molecule has 2 rings (SSSR count). The van der Waals surface area contributed by atoms with Gasteiger partial charge in [0.1, 0.15) is 6.61 Å². The fraction of sp³-hybridized carbons (Fsp3) is 0.647. The fourth-order valence-corrected chi connectivity index (χ4v) is 2.32. The molecule has 1 heterocycles. The van der Waals surface area contributed by atoms with Gasteiger partial charge in [-0.05, 0) is 32.5 Å². The van der Waals surface area contributed by atoms with Gasteiger partial charge in [0.05, 0.1) is 6.10 Å². The summed E-state index contributed by atoms with van der Waals surface area (Å²) in [5.74, 6) is 1.71. The van der Waals surface area contributed by atoms with Crippen LogP contribution in [-0.2, 0) is 0 Å². The summed E-state index contributed by atoms with van der Waals surface area (Å²) >= 11 is 0. The van der Waals surface area contributed by atoms with Gasteiger partial charge < -0.3 is 14.4 Å². The molecule has 0 amide bonds. The number of piperazine rings is 1. The SMILES string of the molecule is CC[C@@H](C)Oc1ccccc1OCCN1CCN(C)CC1. The monoisotopic (exact) mass is 292 g/mol. The minimum absolute atomic E-state index is 0.215. The van der Waals surface area contributed by atoms with Gasteiger partial charge in [-0.3, -0.25) is 4.90 Å². The van der Waals surface area contributed by atoms with E-state index in [9.17, 15) is 0 Å². The predicted octanol–water partition coefficient (Wildman–Crippen LogP) is 2.49. The van der Waals surface area contributed by atoms with Crippen LogP contribution in [0.4, 0.5) is 0 Å². The third kappa shape index (κ3) is 5.21. The van der Waals surface area contributed by atoms with Gasteiger partial charge in [-0.2, -0.15) is 0 Å². The quantitative estimate of drug-likeness (QED) is 0.771. The summed E-state index contributed by atoms with van der Waals surface area (Å²) in [5, 5.41) is 0. The number of para-hydroxylation sites is 2. The second kappa shape index (κ2) is 8.25. The number of hydrogen-bond donors (Lipinski definition) is 0. The molecule has 1 fully saturated rings. The van der Waals surface area contributed by atoms with Crippen molar-refractivity contribution < 1.29 is 9.47 Å². The van der Waals surface area contributed by atoms with E-state index >= 15 is 0 Å². The Bertz CT molecular complexity index is 417. The van der Waals surface area contributed by atoms with E-state index in [1.165, 1.54) is 0 Å². The van der Waals surface area contributed by atoms with Crippen LogP contribution in [0.15, 0.2) is 24.3 Å². The van der Waals surface area contributed by atoms with Gasteiger partial charge in [-0.15, -0.1) is 0 Å². The lowest BCUT2D eigenvalue weighted by atomic mass is 10.3. The molecule has 1 aromatic rings. The maximum Gasteiger partial charge on any atom is 0.161 e. The van der Waals surface area contributed by atoms with E-state index < -0.39 is 0 Å². The third-order valence-corrected chi connectivity index (χ3v) is 4.01. The lowest BCUT2D eigenvalue weighted by Crippen LogP contribution is -2.45. The zero-order chi connectivity index (χ0) is 15.1. The summed E-state index contributed by atoms with van der Waals surface area (Å²) in [4.78, 5) is 4.82. The van der Waals surface area contributed by atoms with Crippen LogP contribution in [0.5, 0.6) is 11.5 Å². The van der Waals surface area contributed by atoms with Crippen molar-refractivity contribution in [1.82, 2.24) is 9.80 Å². The number of ether oxygens (including phenoxy) is 2. The molecule has 1 atom stereocenters. The molecule has 1 saturated heterocycles. The molecule has 0 saturated carbocycles. The topological polar surface area (TPSA) is 24.9 Å². The average molecular weight is 292 g/mol. The van der Waals surface area contributed by atoms with Crippen molar-refractivity contribution in [3.8, 4) is 11.5 Å². The molecule has 0 unspecified atom stereocenters. The molecule has 1 aliphatic heterocycles. The Morgan fingerprint density at radius 2 is 1.76 bits per heavy atom. The number of likely N-dealkylation sites (N-methyl/N-ethyl adjacent to an activating group) is 1. The fourth-order valence-electron chi connectivity index (χ4n) is 2.32. The lowest BCUT2D eigenvalue weighted by molar-refractivity contribution is 0.131. The largest absolute Gasteiger partial charge is 0.488 e. The van der Waals surface area contributed by atoms with Gasteiger partial charge in [0, 0.05) is 32.7 Å². The standard InChI is InChI=1S/C17H28N2O2/c1-4-15(2)21-17-8-6-5-7-16(17)20-14-13-19-11-9-18(3)10-12-19/h5-8,15H,4,9-14H2,1-3H3/t15-/m1/s1. The van der Waals surface area contributed by atoms with Gasteiger partial charge in [0.25, 0.3) is 0 Å². The summed E-state index contributed by atoms with van der Waals surface area (Å²) in [6.07, 6.45) is 1.21. The second-order valence-corrected chi connectivity index (χ2v) is 5.78. The average Bonchev–Trinajstić information content (AvgIpc) is 2.51. The first-order valence-electron chi connectivity index (χ1n) is 7.98. The second-order valence-electron chi connectivity index (χ2n) is 5.78. The highest BCUT2D eigenvalue weighted by Crippen LogP contribution is 2.27. The zero-order valence-electron chi connectivity index (χ0n) is 13.5. The van der Waals surface area contributed by atoms with E-state index in [1.807, 2.05) is 24.3 Å². The molecule has 0 N–H and O–H groups in total. The number of nitrogens with zero attached hydrogens (tertiary/aromatic N) is 2. The van der Waals surface area contributed by atoms with E-state index in [2.05, 4.69) is 30.7 Å². The van der Waals surface area contributed by atoms with E-state index in [0.29, 0.717) is 6.61 Å². The molecule has 4 nitrogen and oxygen atoms in total. The molecule has 21 heavy (non-hydrogen) atoms. The van der Waals surface area contributed by atoms with Crippen LogP contribution in [-0.4, -0.2) is 62.3 Å². The molecule has 1 aliphatic rings. The van der Waals surface area contributed by atoms with Crippen molar-refractivity contribution in [2.75, 3.05) is 46.4 Å². The Hall–Kier alpha value is -1.26. The van der Waals surface area contributed by atoms with E-state index in [-0.39, 0.29) is 6.10 Å². The maximum atomic E-state index is 5.93. The molecule has 1 aromatic carbocycles. The van der Waals surface area contributed by atoms with Crippen LogP contribution in [0.1, 0.15) is 20.3 Å². The van der Waals surface area contributed by atoms with Crippen LogP contribution >= 0.6 is 0 Å². The van der Waals surface area contributed by atoms with Crippen LogP contribution in [0, 0.1) is 0 Å². The van der Waals surface area contributed by atoms with Crippen molar-refractivity contribution in [3.63, 3.8) is 0 Å². The first kappa shape index (κ1) is 16.1. The summed E-state index contributed by atoms with van der Waals surface area (Å²) in [6.45, 7) is 10.5. The Morgan fingerprint density at radius 3 is 2.43 bits per heavy atom. The molecule has 0 aromatic heterocycles. The maximum absolute atomic E-state index is 5.93. The van der Waals surface area contributed by atoms with Crippen molar-refractivity contribution in [2.24, 2.45) is 0 Å². The predicted molar refractivity (Wildman–Crippen MR) is 86.3 cm³/mol. The minimum atomic E-state index is 0.215. The molecule has 4 heteroatoms. The van der Waals surface area contributed by atoms with Crippen molar-refractivity contribution in [1.29, 1.82) is 0 Å². The summed E-state index contributed by atoms with van der Waals surface area (Å²) in [6, 6.07) is 7.96. The highest BCUT2D eigenvalue weighted by Gasteiger charge is 2.14. The van der Waals surface area contributed by atoms with Gasteiger partial charge in [0.15, 0.2) is 11.5 Å². The Morgan fingerprint density at radius 1 is 1.10 bits per heavy atom. The van der Waals surface area contributed by atoms with Crippen molar-refractivity contribution in [2.45, 2.75) is 26.4 Å². The Kier molecular flexibility index (Phi) is 6.33. The number of hydrogen-bond acceptors (Lipinski definition) is 4. The first-order valence-corrected chi connectivity index (χ1v) is 7.98. The van der Waals surface area contributed by atoms with Crippen LogP contribution in [0.25, 0.3) is 0 Å². The minimum Gasteiger partial charge on any atom is -0.488 e. The summed E-state index contributed by atoms with van der Waals surface area (Å²) in [5.41, 5.74) is 0. The molecular weight excluding hydrogens is 264 g/mol. The van der Waals surface area contributed by atoms with Gasteiger partial charge in [0.2, 0.25) is 0 Å². The molecule has 118 valence electrons. The third-order valence-electron chi connectivity index (χ3n) is 4.01. The zero-order valence-corrected chi connectivity index (χ0v) is 13.5. The smallest absolute Gasteiger partial charge is 0.161 e. The molecule has 0 radical (unpaired) electrons. The summed E-state index contributed by atoms with van der Waals surface area (Å²) < 4.78 is 11.8. The van der Waals surface area contributed by atoms with Crippen LogP contribution in [0.3, 0.4) is 0 Å². The van der Waals surface area contributed by atoms with Crippen molar-refractivity contribution in [3.05, 3.63) is 24.3 Å². The normalized spacial score (nSPS) is 18.4. The Balaban J connectivity index is 1.80. The van der Waals surface area contributed by atoms with Gasteiger partial charge in [-0.25, -0.2) is 0 Å². The van der Waals surface area contributed by atoms with Crippen LogP contribution in [0.2, 0.25) is 0 Å². The van der Waals surface area contributed by atoms with Crippen LogP contribution < -0.4 is 9.47 Å². The van der Waals surface area contributed by atoms with E-state index in [1.54, 1.807) is 0 Å². The van der Waals surface area contributed by atoms with E-state index in [4.69, 9.17) is 9.47 Å².